The highest BCUT2D eigenvalue weighted by Gasteiger charge is 2.28. The molecule has 0 aromatic heterocycles. The summed E-state index contributed by atoms with van der Waals surface area (Å²) in [6, 6.07) is 12.5. The number of ether oxygens (including phenoxy) is 1. The second kappa shape index (κ2) is 8.42. The zero-order chi connectivity index (χ0) is 19.4. The molecule has 1 saturated heterocycles. The SMILES string of the molecule is CC[C@@H](Oc1cc(C)cc(C)c1)C(=O)N1CCN(c2ccc(F)cc2)CC1. The molecule has 0 N–H and O–H groups in total. The summed E-state index contributed by atoms with van der Waals surface area (Å²) in [6.45, 7) is 8.77. The third-order valence-corrected chi connectivity index (χ3v) is 4.90. The number of rotatable bonds is 5. The summed E-state index contributed by atoms with van der Waals surface area (Å²) in [7, 11) is 0. The minimum Gasteiger partial charge on any atom is -0.481 e. The van der Waals surface area contributed by atoms with Crippen molar-refractivity contribution >= 4 is 11.6 Å². The number of halogens is 1. The molecule has 1 fully saturated rings. The van der Waals surface area contributed by atoms with Gasteiger partial charge in [-0.25, -0.2) is 4.39 Å². The van der Waals surface area contributed by atoms with Crippen LogP contribution in [0.25, 0.3) is 0 Å². The van der Waals surface area contributed by atoms with E-state index in [4.69, 9.17) is 4.74 Å². The normalized spacial score (nSPS) is 15.6. The average molecular weight is 370 g/mol. The molecule has 0 radical (unpaired) electrons. The Morgan fingerprint density at radius 2 is 1.63 bits per heavy atom. The van der Waals surface area contributed by atoms with Crippen molar-refractivity contribution in [2.75, 3.05) is 31.1 Å². The van der Waals surface area contributed by atoms with Crippen molar-refractivity contribution < 1.29 is 13.9 Å². The van der Waals surface area contributed by atoms with Crippen LogP contribution in [0.5, 0.6) is 5.75 Å². The molecule has 144 valence electrons. The quantitative estimate of drug-likeness (QED) is 0.799. The van der Waals surface area contributed by atoms with E-state index in [2.05, 4.69) is 11.0 Å². The Morgan fingerprint density at radius 3 is 2.19 bits per heavy atom. The number of carbonyl (C=O) groups is 1. The van der Waals surface area contributed by atoms with E-state index in [1.54, 1.807) is 12.1 Å². The topological polar surface area (TPSA) is 32.8 Å². The van der Waals surface area contributed by atoms with Crippen LogP contribution in [0, 0.1) is 19.7 Å². The lowest BCUT2D eigenvalue weighted by Gasteiger charge is -2.37. The molecule has 0 unspecified atom stereocenters. The highest BCUT2D eigenvalue weighted by atomic mass is 19.1. The van der Waals surface area contributed by atoms with Gasteiger partial charge in [-0.3, -0.25) is 4.79 Å². The molecular weight excluding hydrogens is 343 g/mol. The highest BCUT2D eigenvalue weighted by Crippen LogP contribution is 2.21. The molecule has 4 nitrogen and oxygen atoms in total. The Bertz CT molecular complexity index is 763. The molecule has 5 heteroatoms. The van der Waals surface area contributed by atoms with Crippen LogP contribution < -0.4 is 9.64 Å². The van der Waals surface area contributed by atoms with Crippen LogP contribution >= 0.6 is 0 Å². The van der Waals surface area contributed by atoms with Gasteiger partial charge in [0.1, 0.15) is 11.6 Å². The number of hydrogen-bond acceptors (Lipinski definition) is 3. The van der Waals surface area contributed by atoms with E-state index >= 15 is 0 Å². The molecule has 0 saturated carbocycles. The number of piperazine rings is 1. The predicted molar refractivity (Wildman–Crippen MR) is 106 cm³/mol. The van der Waals surface area contributed by atoms with Gasteiger partial charge in [-0.15, -0.1) is 0 Å². The van der Waals surface area contributed by atoms with Crippen molar-refractivity contribution in [2.24, 2.45) is 0 Å². The fourth-order valence-electron chi connectivity index (χ4n) is 3.51. The monoisotopic (exact) mass is 370 g/mol. The summed E-state index contributed by atoms with van der Waals surface area (Å²) < 4.78 is 19.1. The van der Waals surface area contributed by atoms with Crippen molar-refractivity contribution in [1.29, 1.82) is 0 Å². The van der Waals surface area contributed by atoms with Crippen LogP contribution in [0.15, 0.2) is 42.5 Å². The third-order valence-electron chi connectivity index (χ3n) is 4.90. The van der Waals surface area contributed by atoms with Gasteiger partial charge in [0.25, 0.3) is 5.91 Å². The Hall–Kier alpha value is -2.56. The first-order valence-electron chi connectivity index (χ1n) is 9.50. The van der Waals surface area contributed by atoms with Crippen LogP contribution in [0.2, 0.25) is 0 Å². The molecule has 27 heavy (non-hydrogen) atoms. The average Bonchev–Trinajstić information content (AvgIpc) is 2.65. The zero-order valence-electron chi connectivity index (χ0n) is 16.2. The molecule has 1 heterocycles. The molecule has 1 aliphatic heterocycles. The first-order valence-corrected chi connectivity index (χ1v) is 9.50. The Morgan fingerprint density at radius 1 is 1.04 bits per heavy atom. The van der Waals surface area contributed by atoms with Crippen LogP contribution in [-0.2, 0) is 4.79 Å². The van der Waals surface area contributed by atoms with Crippen molar-refractivity contribution in [3.8, 4) is 5.75 Å². The van der Waals surface area contributed by atoms with E-state index in [-0.39, 0.29) is 11.7 Å². The van der Waals surface area contributed by atoms with Crippen LogP contribution in [0.1, 0.15) is 24.5 Å². The summed E-state index contributed by atoms with van der Waals surface area (Å²) >= 11 is 0. The number of anilines is 1. The van der Waals surface area contributed by atoms with Gasteiger partial charge < -0.3 is 14.5 Å². The van der Waals surface area contributed by atoms with E-state index in [1.807, 2.05) is 37.8 Å². The second-order valence-electron chi connectivity index (χ2n) is 7.13. The van der Waals surface area contributed by atoms with Crippen LogP contribution in [-0.4, -0.2) is 43.1 Å². The molecule has 1 atom stereocenters. The molecule has 0 aliphatic carbocycles. The van der Waals surface area contributed by atoms with Crippen molar-refractivity contribution in [2.45, 2.75) is 33.3 Å². The number of benzene rings is 2. The minimum atomic E-state index is -0.469. The van der Waals surface area contributed by atoms with Gasteiger partial charge in [0.2, 0.25) is 0 Å². The fraction of sp³-hybridized carbons (Fsp3) is 0.409. The molecule has 1 amide bonds. The molecule has 1 aliphatic rings. The van der Waals surface area contributed by atoms with Gasteiger partial charge in [0, 0.05) is 31.9 Å². The number of amides is 1. The maximum absolute atomic E-state index is 13.1. The first kappa shape index (κ1) is 19.2. The summed E-state index contributed by atoms with van der Waals surface area (Å²) in [4.78, 5) is 17.0. The maximum atomic E-state index is 13.1. The van der Waals surface area contributed by atoms with E-state index in [1.165, 1.54) is 12.1 Å². The lowest BCUT2D eigenvalue weighted by Crippen LogP contribution is -2.52. The minimum absolute atomic E-state index is 0.0374. The Labute approximate surface area is 160 Å². The van der Waals surface area contributed by atoms with Gasteiger partial charge in [-0.05, 0) is 67.8 Å². The molecular formula is C22H27FN2O2. The number of hydrogen-bond donors (Lipinski definition) is 0. The Kier molecular flexibility index (Phi) is 5.99. The van der Waals surface area contributed by atoms with Crippen molar-refractivity contribution in [3.63, 3.8) is 0 Å². The van der Waals surface area contributed by atoms with Crippen molar-refractivity contribution in [3.05, 3.63) is 59.4 Å². The zero-order valence-corrected chi connectivity index (χ0v) is 16.2. The molecule has 2 aromatic carbocycles. The van der Waals surface area contributed by atoms with Gasteiger partial charge in [0.15, 0.2) is 6.10 Å². The van der Waals surface area contributed by atoms with E-state index in [9.17, 15) is 9.18 Å². The standard InChI is InChI=1S/C22H27FN2O2/c1-4-21(27-20-14-16(2)13-17(3)15-20)22(26)25-11-9-24(10-12-25)19-7-5-18(23)6-8-19/h5-8,13-15,21H,4,9-12H2,1-3H3/t21-/m1/s1. The third kappa shape index (κ3) is 4.79. The molecule has 0 bridgehead atoms. The predicted octanol–water partition coefficient (Wildman–Crippen LogP) is 3.95. The summed E-state index contributed by atoms with van der Waals surface area (Å²) in [6.07, 6.45) is 0.160. The molecule has 0 spiro atoms. The van der Waals surface area contributed by atoms with Crippen LogP contribution in [0.4, 0.5) is 10.1 Å². The second-order valence-corrected chi connectivity index (χ2v) is 7.13. The summed E-state index contributed by atoms with van der Waals surface area (Å²) in [5.41, 5.74) is 3.24. The molecule has 2 aromatic rings. The lowest BCUT2D eigenvalue weighted by atomic mass is 10.1. The largest absolute Gasteiger partial charge is 0.481 e. The first-order chi connectivity index (χ1) is 13.0. The smallest absolute Gasteiger partial charge is 0.263 e. The van der Waals surface area contributed by atoms with Crippen molar-refractivity contribution in [1.82, 2.24) is 4.90 Å². The highest BCUT2D eigenvalue weighted by molar-refractivity contribution is 5.81. The van der Waals surface area contributed by atoms with E-state index in [0.29, 0.717) is 19.5 Å². The lowest BCUT2D eigenvalue weighted by molar-refractivity contribution is -0.139. The van der Waals surface area contributed by atoms with Gasteiger partial charge in [-0.2, -0.15) is 0 Å². The van der Waals surface area contributed by atoms with Crippen LogP contribution in [0.3, 0.4) is 0 Å². The number of aryl methyl sites for hydroxylation is 2. The Balaban J connectivity index is 1.60. The summed E-state index contributed by atoms with van der Waals surface area (Å²) in [5, 5.41) is 0. The van der Waals surface area contributed by atoms with Gasteiger partial charge >= 0.3 is 0 Å². The van der Waals surface area contributed by atoms with E-state index in [0.717, 1.165) is 35.7 Å². The summed E-state index contributed by atoms with van der Waals surface area (Å²) in [5.74, 6) is 0.551. The van der Waals surface area contributed by atoms with E-state index < -0.39 is 6.10 Å². The van der Waals surface area contributed by atoms with Gasteiger partial charge in [-0.1, -0.05) is 13.0 Å². The van der Waals surface area contributed by atoms with Gasteiger partial charge in [0.05, 0.1) is 0 Å². The number of carbonyl (C=O) groups excluding carboxylic acids is 1. The fourth-order valence-corrected chi connectivity index (χ4v) is 3.51. The molecule has 3 rings (SSSR count). The maximum Gasteiger partial charge on any atom is 0.263 e. The number of nitrogens with zero attached hydrogens (tertiary/aromatic N) is 2.